The molecular formula is C20H21NO4. The lowest BCUT2D eigenvalue weighted by molar-refractivity contribution is -0.148. The number of nitrogens with one attached hydrogen (secondary N) is 1. The third-order valence-electron chi connectivity index (χ3n) is 3.52. The Balaban J connectivity index is 1.91. The van der Waals surface area contributed by atoms with Gasteiger partial charge in [0.2, 0.25) is 0 Å². The number of anilines is 1. The topological polar surface area (TPSA) is 64.6 Å². The maximum Gasteiger partial charge on any atom is 0.331 e. The van der Waals surface area contributed by atoms with Gasteiger partial charge in [-0.25, -0.2) is 4.79 Å². The van der Waals surface area contributed by atoms with Gasteiger partial charge in [-0.1, -0.05) is 42.0 Å². The predicted octanol–water partition coefficient (Wildman–Crippen LogP) is 3.59. The number of amides is 1. The van der Waals surface area contributed by atoms with Crippen molar-refractivity contribution in [3.05, 3.63) is 65.7 Å². The van der Waals surface area contributed by atoms with Gasteiger partial charge >= 0.3 is 5.97 Å². The molecule has 25 heavy (non-hydrogen) atoms. The van der Waals surface area contributed by atoms with Crippen molar-refractivity contribution in [3.63, 3.8) is 0 Å². The van der Waals surface area contributed by atoms with E-state index in [2.05, 4.69) is 5.32 Å². The first-order valence-electron chi connectivity index (χ1n) is 7.89. The van der Waals surface area contributed by atoms with Gasteiger partial charge in [0, 0.05) is 6.08 Å². The molecule has 0 aliphatic carbocycles. The number of esters is 1. The normalized spacial score (nSPS) is 11.8. The molecule has 1 N–H and O–H groups in total. The molecule has 0 spiro atoms. The SMILES string of the molecule is COc1ccccc1NC(=O)C(C)OC(=O)C=Cc1ccc(C)cc1. The van der Waals surface area contributed by atoms with Gasteiger partial charge in [0.05, 0.1) is 12.8 Å². The standard InChI is InChI=1S/C20H21NO4/c1-14-8-10-16(11-9-14)12-13-19(22)25-15(2)20(23)21-17-6-4-5-7-18(17)24-3/h4-13,15H,1-3H3,(H,21,23). The van der Waals surface area contributed by atoms with E-state index in [4.69, 9.17) is 9.47 Å². The minimum Gasteiger partial charge on any atom is -0.495 e. The Bertz CT molecular complexity index is 766. The molecule has 2 aromatic rings. The molecule has 0 aliphatic rings. The molecule has 1 amide bonds. The second kappa shape index (κ2) is 8.68. The largest absolute Gasteiger partial charge is 0.495 e. The molecule has 0 bridgehead atoms. The van der Waals surface area contributed by atoms with Gasteiger partial charge in [0.1, 0.15) is 5.75 Å². The molecule has 5 heteroatoms. The van der Waals surface area contributed by atoms with Crippen LogP contribution in [-0.4, -0.2) is 25.1 Å². The third kappa shape index (κ3) is 5.49. The summed E-state index contributed by atoms with van der Waals surface area (Å²) in [6, 6.07) is 14.7. The van der Waals surface area contributed by atoms with Gasteiger partial charge in [-0.2, -0.15) is 0 Å². The van der Waals surface area contributed by atoms with Crippen LogP contribution in [-0.2, 0) is 14.3 Å². The van der Waals surface area contributed by atoms with Crippen LogP contribution < -0.4 is 10.1 Å². The van der Waals surface area contributed by atoms with Gasteiger partial charge in [0.25, 0.3) is 5.91 Å². The Labute approximate surface area is 147 Å². The van der Waals surface area contributed by atoms with Crippen LogP contribution in [0.3, 0.4) is 0 Å². The highest BCUT2D eigenvalue weighted by Crippen LogP contribution is 2.23. The lowest BCUT2D eigenvalue weighted by Crippen LogP contribution is -2.29. The summed E-state index contributed by atoms with van der Waals surface area (Å²) in [6.45, 7) is 3.51. The van der Waals surface area contributed by atoms with E-state index in [-0.39, 0.29) is 0 Å². The second-order valence-electron chi connectivity index (χ2n) is 5.51. The van der Waals surface area contributed by atoms with Crippen LogP contribution in [0.4, 0.5) is 5.69 Å². The molecule has 2 aromatic carbocycles. The fraction of sp³-hybridized carbons (Fsp3) is 0.200. The number of methoxy groups -OCH3 is 1. The third-order valence-corrected chi connectivity index (χ3v) is 3.52. The molecule has 0 fully saturated rings. The van der Waals surface area contributed by atoms with Crippen molar-refractivity contribution in [2.75, 3.05) is 12.4 Å². The maximum absolute atomic E-state index is 12.2. The van der Waals surface area contributed by atoms with Gasteiger partial charge in [-0.3, -0.25) is 4.79 Å². The molecule has 130 valence electrons. The second-order valence-corrected chi connectivity index (χ2v) is 5.51. The zero-order chi connectivity index (χ0) is 18.2. The molecule has 1 atom stereocenters. The quantitative estimate of drug-likeness (QED) is 0.645. The highest BCUT2D eigenvalue weighted by molar-refractivity contribution is 5.97. The van der Waals surface area contributed by atoms with E-state index in [1.54, 1.807) is 30.3 Å². The van der Waals surface area contributed by atoms with Crippen LogP contribution in [0.2, 0.25) is 0 Å². The van der Waals surface area contributed by atoms with E-state index in [0.29, 0.717) is 11.4 Å². The first-order valence-corrected chi connectivity index (χ1v) is 7.89. The molecule has 0 aromatic heterocycles. The lowest BCUT2D eigenvalue weighted by atomic mass is 10.1. The monoisotopic (exact) mass is 339 g/mol. The minimum atomic E-state index is -0.930. The molecule has 2 rings (SSSR count). The van der Waals surface area contributed by atoms with Crippen LogP contribution in [0.5, 0.6) is 5.75 Å². The van der Waals surface area contributed by atoms with Gasteiger partial charge in [0.15, 0.2) is 6.10 Å². The molecule has 5 nitrogen and oxygen atoms in total. The van der Waals surface area contributed by atoms with Gasteiger partial charge in [-0.05, 0) is 37.6 Å². The molecule has 0 heterocycles. The number of ether oxygens (including phenoxy) is 2. The Hall–Kier alpha value is -3.08. The van der Waals surface area contributed by atoms with Crippen molar-refractivity contribution in [2.24, 2.45) is 0 Å². The summed E-state index contributed by atoms with van der Waals surface area (Å²) in [7, 11) is 1.52. The van der Waals surface area contributed by atoms with E-state index in [9.17, 15) is 9.59 Å². The zero-order valence-corrected chi connectivity index (χ0v) is 14.5. The van der Waals surface area contributed by atoms with Crippen molar-refractivity contribution in [3.8, 4) is 5.75 Å². The molecule has 0 saturated carbocycles. The average Bonchev–Trinajstić information content (AvgIpc) is 2.61. The molecule has 0 radical (unpaired) electrons. The summed E-state index contributed by atoms with van der Waals surface area (Å²) < 4.78 is 10.3. The Kier molecular flexibility index (Phi) is 6.34. The fourth-order valence-electron chi connectivity index (χ4n) is 2.09. The smallest absolute Gasteiger partial charge is 0.331 e. The van der Waals surface area contributed by atoms with Crippen LogP contribution in [0, 0.1) is 6.92 Å². The maximum atomic E-state index is 12.2. The van der Waals surface area contributed by atoms with E-state index < -0.39 is 18.0 Å². The summed E-state index contributed by atoms with van der Waals surface area (Å²) in [6.07, 6.45) is 2.02. The first kappa shape index (κ1) is 18.3. The van der Waals surface area contributed by atoms with E-state index >= 15 is 0 Å². The number of para-hydroxylation sites is 2. The summed E-state index contributed by atoms with van der Waals surface area (Å²) >= 11 is 0. The Morgan fingerprint density at radius 3 is 2.44 bits per heavy atom. The number of carbonyl (C=O) groups excluding carboxylic acids is 2. The van der Waals surface area contributed by atoms with Crippen molar-refractivity contribution in [2.45, 2.75) is 20.0 Å². The van der Waals surface area contributed by atoms with Crippen molar-refractivity contribution in [1.29, 1.82) is 0 Å². The average molecular weight is 339 g/mol. The molecule has 1 unspecified atom stereocenters. The fourth-order valence-corrected chi connectivity index (χ4v) is 2.09. The van der Waals surface area contributed by atoms with Crippen LogP contribution >= 0.6 is 0 Å². The Morgan fingerprint density at radius 1 is 1.08 bits per heavy atom. The van der Waals surface area contributed by atoms with Crippen molar-refractivity contribution < 1.29 is 19.1 Å². The predicted molar refractivity (Wildman–Crippen MR) is 97.4 cm³/mol. The number of benzene rings is 2. The van der Waals surface area contributed by atoms with Crippen molar-refractivity contribution >= 4 is 23.6 Å². The first-order chi connectivity index (χ1) is 12.0. The van der Waals surface area contributed by atoms with E-state index in [1.165, 1.54) is 20.1 Å². The van der Waals surface area contributed by atoms with Crippen LogP contribution in [0.15, 0.2) is 54.6 Å². The summed E-state index contributed by atoms with van der Waals surface area (Å²) in [4.78, 5) is 24.0. The number of hydrogen-bond acceptors (Lipinski definition) is 4. The van der Waals surface area contributed by atoms with Crippen LogP contribution in [0.25, 0.3) is 6.08 Å². The zero-order valence-electron chi connectivity index (χ0n) is 14.5. The summed E-state index contributed by atoms with van der Waals surface area (Å²) in [5, 5.41) is 2.68. The lowest BCUT2D eigenvalue weighted by Gasteiger charge is -2.14. The number of carbonyl (C=O) groups is 2. The highest BCUT2D eigenvalue weighted by Gasteiger charge is 2.17. The number of hydrogen-bond donors (Lipinski definition) is 1. The van der Waals surface area contributed by atoms with Gasteiger partial charge in [-0.15, -0.1) is 0 Å². The highest BCUT2D eigenvalue weighted by atomic mass is 16.5. The number of aryl methyl sites for hydroxylation is 1. The summed E-state index contributed by atoms with van der Waals surface area (Å²) in [5.41, 5.74) is 2.54. The molecule has 0 aliphatic heterocycles. The molecule has 0 saturated heterocycles. The molecular weight excluding hydrogens is 318 g/mol. The minimum absolute atomic E-state index is 0.429. The number of rotatable bonds is 6. The van der Waals surface area contributed by atoms with Crippen LogP contribution in [0.1, 0.15) is 18.1 Å². The Morgan fingerprint density at radius 2 is 1.76 bits per heavy atom. The summed E-state index contributed by atoms with van der Waals surface area (Å²) in [5.74, 6) is -0.474. The van der Waals surface area contributed by atoms with Gasteiger partial charge < -0.3 is 14.8 Å². The van der Waals surface area contributed by atoms with E-state index in [1.807, 2.05) is 31.2 Å². The van der Waals surface area contributed by atoms with Crippen molar-refractivity contribution in [1.82, 2.24) is 0 Å². The van der Waals surface area contributed by atoms with E-state index in [0.717, 1.165) is 11.1 Å².